The standard InChI is InChI=1S/C26H32FN3O4/c1-18-14-30(19(2)17-31)26(32)23-12-21(6-5-11-33-4)13-28-25(23)34-24(18)16-29(3)15-20-7-9-22(27)10-8-20/h7-10,12-13,18-19,24,31H,11,14-17H2,1-4H3/t18-,19+,24-/m0/s1. The van der Waals surface area contributed by atoms with Crippen molar-refractivity contribution in [2.75, 3.05) is 40.5 Å². The average molecular weight is 470 g/mol. The second-order valence-corrected chi connectivity index (χ2v) is 8.76. The lowest BCUT2D eigenvalue weighted by molar-refractivity contribution is 0.0325. The van der Waals surface area contributed by atoms with Crippen molar-refractivity contribution in [2.45, 2.75) is 32.5 Å². The number of halogens is 1. The topological polar surface area (TPSA) is 75.1 Å². The second-order valence-electron chi connectivity index (χ2n) is 8.76. The van der Waals surface area contributed by atoms with Crippen LogP contribution in [0.3, 0.4) is 0 Å². The van der Waals surface area contributed by atoms with Crippen LogP contribution in [0.2, 0.25) is 0 Å². The molecule has 0 spiro atoms. The summed E-state index contributed by atoms with van der Waals surface area (Å²) in [6.07, 6.45) is 1.32. The Labute approximate surface area is 200 Å². The van der Waals surface area contributed by atoms with Crippen molar-refractivity contribution in [1.29, 1.82) is 0 Å². The molecule has 1 aliphatic rings. The van der Waals surface area contributed by atoms with Crippen molar-refractivity contribution in [3.63, 3.8) is 0 Å². The van der Waals surface area contributed by atoms with Crippen molar-refractivity contribution in [3.8, 4) is 17.7 Å². The van der Waals surface area contributed by atoms with Gasteiger partial charge in [0.05, 0.1) is 12.6 Å². The molecule has 0 aliphatic carbocycles. The number of fused-ring (bicyclic) bond motifs is 1. The molecular weight excluding hydrogens is 437 g/mol. The van der Waals surface area contributed by atoms with E-state index in [0.717, 1.165) is 5.56 Å². The van der Waals surface area contributed by atoms with Crippen LogP contribution < -0.4 is 4.74 Å². The minimum Gasteiger partial charge on any atom is -0.472 e. The van der Waals surface area contributed by atoms with Gasteiger partial charge in [0, 0.05) is 44.4 Å². The van der Waals surface area contributed by atoms with Gasteiger partial charge in [-0.1, -0.05) is 30.9 Å². The molecule has 1 aliphatic heterocycles. The molecule has 1 amide bonds. The van der Waals surface area contributed by atoms with E-state index in [0.29, 0.717) is 30.8 Å². The fourth-order valence-electron chi connectivity index (χ4n) is 3.87. The van der Waals surface area contributed by atoms with Crippen molar-refractivity contribution < 1.29 is 23.8 Å². The Kier molecular flexibility index (Phi) is 8.99. The fraction of sp³-hybridized carbons (Fsp3) is 0.462. The van der Waals surface area contributed by atoms with Gasteiger partial charge in [0.25, 0.3) is 5.91 Å². The maximum atomic E-state index is 13.4. The largest absolute Gasteiger partial charge is 0.472 e. The minimum absolute atomic E-state index is 0.0234. The first kappa shape index (κ1) is 25.6. The number of amides is 1. The van der Waals surface area contributed by atoms with Crippen molar-refractivity contribution >= 4 is 5.91 Å². The number of carbonyl (C=O) groups is 1. The quantitative estimate of drug-likeness (QED) is 0.629. The van der Waals surface area contributed by atoms with Gasteiger partial charge in [-0.2, -0.15) is 0 Å². The third kappa shape index (κ3) is 6.54. The van der Waals surface area contributed by atoms with Gasteiger partial charge in [0.1, 0.15) is 24.1 Å². The summed E-state index contributed by atoms with van der Waals surface area (Å²) in [5, 5.41) is 9.78. The number of likely N-dealkylation sites (N-methyl/N-ethyl adjacent to an activating group) is 1. The van der Waals surface area contributed by atoms with Crippen LogP contribution in [0, 0.1) is 23.6 Å². The molecule has 3 atom stereocenters. The van der Waals surface area contributed by atoms with Crippen LogP contribution in [0.5, 0.6) is 5.88 Å². The Morgan fingerprint density at radius 1 is 1.38 bits per heavy atom. The van der Waals surface area contributed by atoms with Crippen molar-refractivity contribution in [3.05, 3.63) is 59.0 Å². The number of hydrogen-bond acceptors (Lipinski definition) is 6. The Hall–Kier alpha value is -2.99. The molecule has 182 valence electrons. The maximum Gasteiger partial charge on any atom is 0.259 e. The first-order valence-corrected chi connectivity index (χ1v) is 11.3. The molecule has 2 heterocycles. The number of benzene rings is 1. The Balaban J connectivity index is 1.88. The summed E-state index contributed by atoms with van der Waals surface area (Å²) in [4.78, 5) is 21.6. The van der Waals surface area contributed by atoms with Gasteiger partial charge in [-0.15, -0.1) is 0 Å². The smallest absolute Gasteiger partial charge is 0.259 e. The number of aliphatic hydroxyl groups excluding tert-OH is 1. The SMILES string of the molecule is COCC#Cc1cnc2c(c1)C(=O)N([C@H](C)CO)C[C@H](C)[C@H](CN(C)Cc1ccc(F)cc1)O2. The first-order chi connectivity index (χ1) is 16.3. The van der Waals surface area contributed by atoms with E-state index in [1.165, 1.54) is 12.1 Å². The Morgan fingerprint density at radius 2 is 2.12 bits per heavy atom. The van der Waals surface area contributed by atoms with E-state index in [9.17, 15) is 14.3 Å². The number of pyridine rings is 1. The number of nitrogens with zero attached hydrogens (tertiary/aromatic N) is 3. The third-order valence-corrected chi connectivity index (χ3v) is 5.83. The first-order valence-electron chi connectivity index (χ1n) is 11.3. The third-order valence-electron chi connectivity index (χ3n) is 5.83. The van der Waals surface area contributed by atoms with Crippen LogP contribution in [0.1, 0.15) is 35.3 Å². The monoisotopic (exact) mass is 469 g/mol. The van der Waals surface area contributed by atoms with Crippen LogP contribution >= 0.6 is 0 Å². The number of methoxy groups -OCH3 is 1. The molecule has 1 aromatic heterocycles. The van der Waals surface area contributed by atoms with Crippen LogP contribution in [0.25, 0.3) is 0 Å². The normalized spacial score (nSPS) is 18.9. The van der Waals surface area contributed by atoms with Gasteiger partial charge in [0.15, 0.2) is 0 Å². The molecular formula is C26H32FN3O4. The second kappa shape index (κ2) is 11.9. The zero-order valence-corrected chi connectivity index (χ0v) is 20.1. The van der Waals surface area contributed by atoms with E-state index in [-0.39, 0.29) is 48.9 Å². The summed E-state index contributed by atoms with van der Waals surface area (Å²) >= 11 is 0. The van der Waals surface area contributed by atoms with Gasteiger partial charge in [-0.3, -0.25) is 9.69 Å². The summed E-state index contributed by atoms with van der Waals surface area (Å²) in [5.41, 5.74) is 1.90. The predicted octanol–water partition coefficient (Wildman–Crippen LogP) is 2.57. The number of ether oxygens (including phenoxy) is 2. The lowest BCUT2D eigenvalue weighted by Crippen LogP contribution is -2.49. The van der Waals surface area contributed by atoms with Crippen LogP contribution in [0.15, 0.2) is 36.5 Å². The van der Waals surface area contributed by atoms with Gasteiger partial charge in [-0.25, -0.2) is 9.37 Å². The molecule has 7 nitrogen and oxygen atoms in total. The zero-order chi connectivity index (χ0) is 24.7. The number of carbonyl (C=O) groups excluding carboxylic acids is 1. The zero-order valence-electron chi connectivity index (χ0n) is 20.1. The van der Waals surface area contributed by atoms with Gasteiger partial charge >= 0.3 is 0 Å². The number of aliphatic hydroxyl groups is 1. The van der Waals surface area contributed by atoms with E-state index in [1.54, 1.807) is 36.4 Å². The average Bonchev–Trinajstić information content (AvgIpc) is 2.82. The Morgan fingerprint density at radius 3 is 2.79 bits per heavy atom. The van der Waals surface area contributed by atoms with E-state index >= 15 is 0 Å². The van der Waals surface area contributed by atoms with E-state index < -0.39 is 0 Å². The lowest BCUT2D eigenvalue weighted by atomic mass is 9.99. The van der Waals surface area contributed by atoms with Crippen LogP contribution in [0.4, 0.5) is 4.39 Å². The van der Waals surface area contributed by atoms with Crippen molar-refractivity contribution in [2.24, 2.45) is 5.92 Å². The number of hydrogen-bond donors (Lipinski definition) is 1. The Bertz CT molecular complexity index is 1030. The fourth-order valence-corrected chi connectivity index (χ4v) is 3.87. The summed E-state index contributed by atoms with van der Waals surface area (Å²) < 4.78 is 24.5. The summed E-state index contributed by atoms with van der Waals surface area (Å²) in [5.74, 6) is 5.53. The highest BCUT2D eigenvalue weighted by Crippen LogP contribution is 2.27. The summed E-state index contributed by atoms with van der Waals surface area (Å²) in [6, 6.07) is 7.75. The molecule has 0 radical (unpaired) electrons. The summed E-state index contributed by atoms with van der Waals surface area (Å²) in [7, 11) is 3.54. The molecule has 0 saturated carbocycles. The van der Waals surface area contributed by atoms with Gasteiger partial charge in [0.2, 0.25) is 5.88 Å². The molecule has 0 bridgehead atoms. The van der Waals surface area contributed by atoms with Gasteiger partial charge in [-0.05, 0) is 37.7 Å². The molecule has 0 unspecified atom stereocenters. The molecule has 8 heteroatoms. The minimum atomic E-state index is -0.360. The molecule has 2 aromatic rings. The predicted molar refractivity (Wildman–Crippen MR) is 127 cm³/mol. The molecule has 0 saturated heterocycles. The number of aromatic nitrogens is 1. The molecule has 0 fully saturated rings. The molecule has 1 aromatic carbocycles. The van der Waals surface area contributed by atoms with E-state index in [1.807, 2.05) is 20.9 Å². The van der Waals surface area contributed by atoms with E-state index in [4.69, 9.17) is 9.47 Å². The van der Waals surface area contributed by atoms with Crippen molar-refractivity contribution in [1.82, 2.24) is 14.8 Å². The maximum absolute atomic E-state index is 13.4. The molecule has 34 heavy (non-hydrogen) atoms. The van der Waals surface area contributed by atoms with Gasteiger partial charge < -0.3 is 19.5 Å². The lowest BCUT2D eigenvalue weighted by Gasteiger charge is -2.37. The highest BCUT2D eigenvalue weighted by Gasteiger charge is 2.34. The number of rotatable bonds is 7. The van der Waals surface area contributed by atoms with Crippen LogP contribution in [-0.4, -0.2) is 78.4 Å². The highest BCUT2D eigenvalue weighted by molar-refractivity contribution is 5.97. The highest BCUT2D eigenvalue weighted by atomic mass is 19.1. The molecule has 1 N–H and O–H groups in total. The van der Waals surface area contributed by atoms with E-state index in [2.05, 4.69) is 21.7 Å². The summed E-state index contributed by atoms with van der Waals surface area (Å²) in [6.45, 7) is 5.59. The van der Waals surface area contributed by atoms with Crippen LogP contribution in [-0.2, 0) is 11.3 Å². The molecule has 3 rings (SSSR count).